The Morgan fingerprint density at radius 1 is 1.10 bits per heavy atom. The molecule has 2 aliphatic rings. The van der Waals surface area contributed by atoms with Gasteiger partial charge in [0.2, 0.25) is 11.8 Å². The van der Waals surface area contributed by atoms with Gasteiger partial charge < -0.3 is 19.4 Å². The number of piperidine rings is 1. The van der Waals surface area contributed by atoms with Gasteiger partial charge in [-0.15, -0.1) is 0 Å². The molecule has 0 saturated carbocycles. The predicted octanol–water partition coefficient (Wildman–Crippen LogP) is 1.69. The molecule has 3 rings (SSSR count). The van der Waals surface area contributed by atoms with Crippen molar-refractivity contribution < 1.29 is 23.9 Å². The number of benzene rings is 1. The van der Waals surface area contributed by atoms with Gasteiger partial charge in [0.15, 0.2) is 0 Å². The van der Waals surface area contributed by atoms with Gasteiger partial charge in [0, 0.05) is 44.4 Å². The van der Waals surface area contributed by atoms with Crippen molar-refractivity contribution in [1.82, 2.24) is 9.80 Å². The molecule has 8 heteroatoms. The standard InChI is InChI=1S/C22H29N3O5/c1-3-30-22(29)17-10-13-24(14-11-17)20(27)15-23(2)21(28)16-6-8-18(9-7-16)25-12-4-5-19(25)26/h6-9,17H,3-5,10-15H2,1-2H3. The highest BCUT2D eigenvalue weighted by molar-refractivity contribution is 5.98. The topological polar surface area (TPSA) is 87.2 Å². The van der Waals surface area contributed by atoms with Gasteiger partial charge in [-0.25, -0.2) is 0 Å². The number of likely N-dealkylation sites (N-methyl/N-ethyl adjacent to an activating group) is 1. The van der Waals surface area contributed by atoms with Crippen LogP contribution in [0.4, 0.5) is 5.69 Å². The van der Waals surface area contributed by atoms with Gasteiger partial charge >= 0.3 is 5.97 Å². The molecule has 0 aliphatic carbocycles. The van der Waals surface area contributed by atoms with Crippen molar-refractivity contribution in [1.29, 1.82) is 0 Å². The van der Waals surface area contributed by atoms with E-state index in [9.17, 15) is 19.2 Å². The molecular weight excluding hydrogens is 386 g/mol. The van der Waals surface area contributed by atoms with Gasteiger partial charge in [-0.3, -0.25) is 19.2 Å². The fourth-order valence-corrected chi connectivity index (χ4v) is 3.92. The molecule has 2 heterocycles. The minimum atomic E-state index is -0.246. The number of ether oxygens (including phenoxy) is 1. The summed E-state index contributed by atoms with van der Waals surface area (Å²) in [6.07, 6.45) is 2.57. The number of hydrogen-bond donors (Lipinski definition) is 0. The van der Waals surface area contributed by atoms with Crippen LogP contribution >= 0.6 is 0 Å². The van der Waals surface area contributed by atoms with Crippen LogP contribution in [0.15, 0.2) is 24.3 Å². The van der Waals surface area contributed by atoms with Crippen molar-refractivity contribution in [2.24, 2.45) is 5.92 Å². The third-order valence-electron chi connectivity index (χ3n) is 5.69. The summed E-state index contributed by atoms with van der Waals surface area (Å²) >= 11 is 0. The number of carbonyl (C=O) groups excluding carboxylic acids is 4. The lowest BCUT2D eigenvalue weighted by Gasteiger charge is -2.32. The predicted molar refractivity (Wildman–Crippen MR) is 111 cm³/mol. The lowest BCUT2D eigenvalue weighted by atomic mass is 9.97. The minimum absolute atomic E-state index is 0.0186. The molecule has 2 aliphatic heterocycles. The Morgan fingerprint density at radius 2 is 1.77 bits per heavy atom. The average molecular weight is 415 g/mol. The first-order valence-electron chi connectivity index (χ1n) is 10.5. The van der Waals surface area contributed by atoms with Crippen molar-refractivity contribution in [2.75, 3.05) is 44.7 Å². The highest BCUT2D eigenvalue weighted by atomic mass is 16.5. The summed E-state index contributed by atoms with van der Waals surface area (Å²) in [6.45, 7) is 3.80. The minimum Gasteiger partial charge on any atom is -0.466 e. The Balaban J connectivity index is 1.51. The number of likely N-dealkylation sites (tertiary alicyclic amines) is 1. The van der Waals surface area contributed by atoms with Crippen LogP contribution in [0.1, 0.15) is 43.0 Å². The maximum absolute atomic E-state index is 12.7. The highest BCUT2D eigenvalue weighted by Gasteiger charge is 2.29. The Morgan fingerprint density at radius 3 is 2.33 bits per heavy atom. The molecule has 30 heavy (non-hydrogen) atoms. The summed E-state index contributed by atoms with van der Waals surface area (Å²) < 4.78 is 5.05. The Labute approximate surface area is 176 Å². The van der Waals surface area contributed by atoms with Crippen LogP contribution in [0.25, 0.3) is 0 Å². The van der Waals surface area contributed by atoms with E-state index >= 15 is 0 Å². The van der Waals surface area contributed by atoms with Crippen LogP contribution in [-0.2, 0) is 19.1 Å². The molecule has 0 atom stereocenters. The second-order valence-electron chi connectivity index (χ2n) is 7.76. The summed E-state index contributed by atoms with van der Waals surface area (Å²) in [5, 5.41) is 0. The molecule has 0 bridgehead atoms. The number of nitrogens with zero attached hydrogens (tertiary/aromatic N) is 3. The Kier molecular flexibility index (Phi) is 7.07. The maximum atomic E-state index is 12.7. The molecule has 0 spiro atoms. The molecule has 0 aromatic heterocycles. The second kappa shape index (κ2) is 9.73. The van der Waals surface area contributed by atoms with E-state index in [1.165, 1.54) is 4.90 Å². The van der Waals surface area contributed by atoms with Crippen LogP contribution in [-0.4, -0.2) is 73.3 Å². The van der Waals surface area contributed by atoms with Gasteiger partial charge in [0.25, 0.3) is 5.91 Å². The van der Waals surface area contributed by atoms with Gasteiger partial charge in [-0.05, 0) is 50.5 Å². The van der Waals surface area contributed by atoms with E-state index in [0.29, 0.717) is 51.1 Å². The third kappa shape index (κ3) is 4.98. The molecule has 3 amide bonds. The van der Waals surface area contributed by atoms with Gasteiger partial charge in [-0.2, -0.15) is 0 Å². The quantitative estimate of drug-likeness (QED) is 0.660. The molecule has 1 aromatic rings. The average Bonchev–Trinajstić information content (AvgIpc) is 3.19. The van der Waals surface area contributed by atoms with Gasteiger partial charge in [-0.1, -0.05) is 0 Å². The summed E-state index contributed by atoms with van der Waals surface area (Å²) in [7, 11) is 1.60. The van der Waals surface area contributed by atoms with Crippen molar-refractivity contribution >= 4 is 29.4 Å². The fourth-order valence-electron chi connectivity index (χ4n) is 3.92. The molecule has 0 N–H and O–H groups in total. The number of anilines is 1. The normalized spacial score (nSPS) is 17.2. The first-order valence-corrected chi connectivity index (χ1v) is 10.5. The van der Waals surface area contributed by atoms with E-state index in [1.807, 2.05) is 0 Å². The number of amides is 3. The zero-order valence-electron chi connectivity index (χ0n) is 17.6. The van der Waals surface area contributed by atoms with E-state index in [-0.39, 0.29) is 36.2 Å². The first kappa shape index (κ1) is 21.8. The zero-order valence-corrected chi connectivity index (χ0v) is 17.6. The summed E-state index contributed by atoms with van der Waals surface area (Å²) in [5.74, 6) is -0.634. The molecular formula is C22H29N3O5. The Bertz CT molecular complexity index is 799. The van der Waals surface area contributed by atoms with Crippen LogP contribution < -0.4 is 4.90 Å². The molecule has 2 fully saturated rings. The van der Waals surface area contributed by atoms with Crippen molar-refractivity contribution in [3.05, 3.63) is 29.8 Å². The van der Waals surface area contributed by atoms with Crippen LogP contribution in [0, 0.1) is 5.92 Å². The SMILES string of the molecule is CCOC(=O)C1CCN(C(=O)CN(C)C(=O)c2ccc(N3CCCC3=O)cc2)CC1. The van der Waals surface area contributed by atoms with E-state index in [2.05, 4.69) is 0 Å². The van der Waals surface area contributed by atoms with Crippen molar-refractivity contribution in [3.8, 4) is 0 Å². The van der Waals surface area contributed by atoms with E-state index < -0.39 is 0 Å². The summed E-state index contributed by atoms with van der Waals surface area (Å²) in [4.78, 5) is 53.8. The lowest BCUT2D eigenvalue weighted by Crippen LogP contribution is -2.45. The van der Waals surface area contributed by atoms with Crippen LogP contribution in [0.2, 0.25) is 0 Å². The monoisotopic (exact) mass is 415 g/mol. The molecule has 0 radical (unpaired) electrons. The van der Waals surface area contributed by atoms with Gasteiger partial charge in [0.05, 0.1) is 19.1 Å². The summed E-state index contributed by atoms with van der Waals surface area (Å²) in [6, 6.07) is 6.92. The lowest BCUT2D eigenvalue weighted by molar-refractivity contribution is -0.151. The molecule has 8 nitrogen and oxygen atoms in total. The zero-order chi connectivity index (χ0) is 21.7. The first-order chi connectivity index (χ1) is 14.4. The van der Waals surface area contributed by atoms with Crippen molar-refractivity contribution in [3.63, 3.8) is 0 Å². The molecule has 2 saturated heterocycles. The van der Waals surface area contributed by atoms with Crippen LogP contribution in [0.3, 0.4) is 0 Å². The molecule has 162 valence electrons. The third-order valence-corrected chi connectivity index (χ3v) is 5.69. The van der Waals surface area contributed by atoms with Gasteiger partial charge in [0.1, 0.15) is 0 Å². The van der Waals surface area contributed by atoms with Crippen molar-refractivity contribution in [2.45, 2.75) is 32.6 Å². The maximum Gasteiger partial charge on any atom is 0.309 e. The number of esters is 1. The largest absolute Gasteiger partial charge is 0.466 e. The smallest absolute Gasteiger partial charge is 0.309 e. The number of carbonyl (C=O) groups is 4. The Hall–Kier alpha value is -2.90. The van der Waals surface area contributed by atoms with E-state index in [1.54, 1.807) is 48.0 Å². The number of hydrogen-bond acceptors (Lipinski definition) is 5. The highest BCUT2D eigenvalue weighted by Crippen LogP contribution is 2.22. The summed E-state index contributed by atoms with van der Waals surface area (Å²) in [5.41, 5.74) is 1.26. The van der Waals surface area contributed by atoms with E-state index in [4.69, 9.17) is 4.74 Å². The van der Waals surface area contributed by atoms with E-state index in [0.717, 1.165) is 12.1 Å². The fraction of sp³-hybridized carbons (Fsp3) is 0.545. The number of rotatable bonds is 6. The second-order valence-corrected chi connectivity index (χ2v) is 7.76. The molecule has 0 unspecified atom stereocenters. The molecule has 1 aromatic carbocycles. The van der Waals surface area contributed by atoms with Crippen LogP contribution in [0.5, 0.6) is 0 Å².